The number of methoxy groups -OCH3 is 1. The summed E-state index contributed by atoms with van der Waals surface area (Å²) in [5.74, 6) is 2.24. The molecule has 0 unspecified atom stereocenters. The Hall–Kier alpha value is -1.88. The van der Waals surface area contributed by atoms with Crippen molar-refractivity contribution >= 4 is 17.4 Å². The van der Waals surface area contributed by atoms with E-state index in [0.717, 1.165) is 18.4 Å². The molecule has 0 bridgehead atoms. The average molecular weight is 375 g/mol. The van der Waals surface area contributed by atoms with Crippen LogP contribution in [0.25, 0.3) is 0 Å². The number of ether oxygens (including phenoxy) is 1. The maximum absolute atomic E-state index is 13.2. The molecule has 0 aromatic heterocycles. The molecule has 4 atom stereocenters. The molecule has 1 aliphatic rings. The van der Waals surface area contributed by atoms with Crippen molar-refractivity contribution < 1.29 is 14.3 Å². The van der Waals surface area contributed by atoms with Gasteiger partial charge < -0.3 is 15.8 Å². The van der Waals surface area contributed by atoms with Crippen LogP contribution in [0.4, 0.5) is 5.69 Å². The lowest BCUT2D eigenvalue weighted by molar-refractivity contribution is -0.126. The number of hydrogen-bond donors (Lipinski definition) is 2. The fraction of sp³-hybridized carbons (Fsp3) is 0.636. The Balaban J connectivity index is 2.23. The van der Waals surface area contributed by atoms with Crippen LogP contribution in [0.15, 0.2) is 18.2 Å². The van der Waals surface area contributed by atoms with Crippen molar-refractivity contribution in [3.63, 3.8) is 0 Å². The summed E-state index contributed by atoms with van der Waals surface area (Å²) in [7, 11) is 1.58. The van der Waals surface area contributed by atoms with Gasteiger partial charge in [0.2, 0.25) is 5.91 Å². The lowest BCUT2D eigenvalue weighted by Crippen LogP contribution is -2.35. The minimum atomic E-state index is -0.621. The Kier molecular flexibility index (Phi) is 7.42. The molecule has 1 aliphatic carbocycles. The highest BCUT2D eigenvalue weighted by Crippen LogP contribution is 2.39. The maximum Gasteiger partial charge on any atom is 0.241 e. The minimum absolute atomic E-state index is 0.0906. The Morgan fingerprint density at radius 3 is 2.56 bits per heavy atom. The second-order valence-corrected chi connectivity index (χ2v) is 8.38. The first-order valence-corrected chi connectivity index (χ1v) is 9.99. The van der Waals surface area contributed by atoms with E-state index in [1.54, 1.807) is 20.1 Å². The van der Waals surface area contributed by atoms with Gasteiger partial charge in [-0.3, -0.25) is 9.59 Å². The van der Waals surface area contributed by atoms with Crippen LogP contribution in [0, 0.1) is 23.7 Å². The van der Waals surface area contributed by atoms with Crippen molar-refractivity contribution in [2.75, 3.05) is 12.4 Å². The van der Waals surface area contributed by atoms with E-state index in [2.05, 4.69) is 26.1 Å². The Labute approximate surface area is 163 Å². The summed E-state index contributed by atoms with van der Waals surface area (Å²) in [5, 5.41) is 2.84. The zero-order valence-electron chi connectivity index (χ0n) is 17.2. The van der Waals surface area contributed by atoms with Gasteiger partial charge in [-0.2, -0.15) is 0 Å². The predicted octanol–water partition coefficient (Wildman–Crippen LogP) is 3.80. The van der Waals surface area contributed by atoms with Crippen molar-refractivity contribution in [2.45, 2.75) is 59.4 Å². The highest BCUT2D eigenvalue weighted by Gasteiger charge is 2.35. The van der Waals surface area contributed by atoms with Gasteiger partial charge in [-0.1, -0.05) is 33.3 Å². The lowest BCUT2D eigenvalue weighted by Gasteiger charge is -2.36. The van der Waals surface area contributed by atoms with Gasteiger partial charge in [-0.05, 0) is 49.1 Å². The summed E-state index contributed by atoms with van der Waals surface area (Å²) in [6, 6.07) is 4.83. The number of anilines is 1. The topological polar surface area (TPSA) is 81.4 Å². The third-order valence-electron chi connectivity index (χ3n) is 5.79. The second kappa shape index (κ2) is 9.36. The first-order valence-electron chi connectivity index (χ1n) is 9.99. The summed E-state index contributed by atoms with van der Waals surface area (Å²) in [6.07, 6.45) is 3.59. The number of rotatable bonds is 7. The lowest BCUT2D eigenvalue weighted by atomic mass is 9.68. The van der Waals surface area contributed by atoms with E-state index in [1.807, 2.05) is 12.1 Å². The smallest absolute Gasteiger partial charge is 0.241 e. The number of benzene rings is 1. The molecule has 1 saturated carbocycles. The molecule has 0 saturated heterocycles. The molecule has 1 amide bonds. The number of carbonyl (C=O) groups is 2. The van der Waals surface area contributed by atoms with Crippen LogP contribution < -0.4 is 15.8 Å². The zero-order valence-corrected chi connectivity index (χ0v) is 17.2. The van der Waals surface area contributed by atoms with E-state index < -0.39 is 6.04 Å². The van der Waals surface area contributed by atoms with Crippen molar-refractivity contribution in [2.24, 2.45) is 29.4 Å². The molecule has 0 aliphatic heterocycles. The first kappa shape index (κ1) is 21.4. The molecule has 27 heavy (non-hydrogen) atoms. The predicted molar refractivity (Wildman–Crippen MR) is 109 cm³/mol. The third-order valence-corrected chi connectivity index (χ3v) is 5.79. The highest BCUT2D eigenvalue weighted by molar-refractivity contribution is 5.96. The van der Waals surface area contributed by atoms with Crippen LogP contribution in [0.2, 0.25) is 0 Å². The standard InChI is InChI=1S/C22H34N2O3/c1-13(2)18-9-6-14(3)10-19(18)21(25)11-16-7-8-17(27-5)12-20(16)24-22(26)15(4)23/h7-8,12-15,18-19H,6,9-11,23H2,1-5H3,(H,24,26)/t14-,15-,18+,19-/m1/s1. The highest BCUT2D eigenvalue weighted by atomic mass is 16.5. The van der Waals surface area contributed by atoms with Crippen LogP contribution in [0.3, 0.4) is 0 Å². The van der Waals surface area contributed by atoms with Gasteiger partial charge in [0.05, 0.1) is 13.2 Å². The van der Waals surface area contributed by atoms with E-state index in [9.17, 15) is 9.59 Å². The quantitative estimate of drug-likeness (QED) is 0.760. The van der Waals surface area contributed by atoms with Crippen LogP contribution >= 0.6 is 0 Å². The molecule has 0 heterocycles. The number of ketones is 1. The summed E-state index contributed by atoms with van der Waals surface area (Å²) >= 11 is 0. The van der Waals surface area contributed by atoms with E-state index in [-0.39, 0.29) is 17.6 Å². The van der Waals surface area contributed by atoms with Crippen molar-refractivity contribution in [3.8, 4) is 5.75 Å². The Morgan fingerprint density at radius 2 is 1.96 bits per heavy atom. The fourth-order valence-corrected chi connectivity index (χ4v) is 4.09. The van der Waals surface area contributed by atoms with Crippen molar-refractivity contribution in [3.05, 3.63) is 23.8 Å². The number of nitrogens with two attached hydrogens (primary N) is 1. The Bertz CT molecular complexity index is 670. The molecular formula is C22H34N2O3. The fourth-order valence-electron chi connectivity index (χ4n) is 4.09. The molecule has 5 nitrogen and oxygen atoms in total. The van der Waals surface area contributed by atoms with Crippen LogP contribution in [0.5, 0.6) is 5.75 Å². The number of nitrogens with one attached hydrogen (secondary N) is 1. The van der Waals surface area contributed by atoms with Crippen molar-refractivity contribution in [1.29, 1.82) is 0 Å². The normalized spacial score (nSPS) is 23.7. The van der Waals surface area contributed by atoms with Crippen LogP contribution in [-0.2, 0) is 16.0 Å². The molecule has 1 aromatic rings. The van der Waals surface area contributed by atoms with Gasteiger partial charge in [0.25, 0.3) is 0 Å². The molecule has 0 radical (unpaired) electrons. The maximum atomic E-state index is 13.2. The molecule has 2 rings (SSSR count). The van der Waals surface area contributed by atoms with Crippen LogP contribution in [-0.4, -0.2) is 24.8 Å². The third kappa shape index (κ3) is 5.55. The van der Waals surface area contributed by atoms with Gasteiger partial charge in [0.1, 0.15) is 11.5 Å². The minimum Gasteiger partial charge on any atom is -0.497 e. The number of amides is 1. The summed E-state index contributed by atoms with van der Waals surface area (Å²) in [5.41, 5.74) is 7.10. The molecule has 5 heteroatoms. The second-order valence-electron chi connectivity index (χ2n) is 8.38. The monoisotopic (exact) mass is 374 g/mol. The zero-order chi connectivity index (χ0) is 20.1. The number of Topliss-reactive ketones (excluding diaryl/α,β-unsaturated/α-hetero) is 1. The van der Waals surface area contributed by atoms with Crippen LogP contribution in [0.1, 0.15) is 52.5 Å². The molecule has 0 spiro atoms. The summed E-state index contributed by atoms with van der Waals surface area (Å²) in [4.78, 5) is 25.3. The van der Waals surface area contributed by atoms with E-state index in [0.29, 0.717) is 35.6 Å². The number of hydrogen-bond acceptors (Lipinski definition) is 4. The van der Waals surface area contributed by atoms with E-state index >= 15 is 0 Å². The van der Waals surface area contributed by atoms with E-state index in [1.165, 1.54) is 6.42 Å². The largest absolute Gasteiger partial charge is 0.497 e. The molecule has 1 aromatic carbocycles. The first-order chi connectivity index (χ1) is 12.7. The van der Waals surface area contributed by atoms with Gasteiger partial charge in [-0.15, -0.1) is 0 Å². The summed E-state index contributed by atoms with van der Waals surface area (Å²) in [6.45, 7) is 8.29. The average Bonchev–Trinajstić information content (AvgIpc) is 2.62. The summed E-state index contributed by atoms with van der Waals surface area (Å²) < 4.78 is 5.27. The molecular weight excluding hydrogens is 340 g/mol. The van der Waals surface area contributed by atoms with Gasteiger partial charge >= 0.3 is 0 Å². The van der Waals surface area contributed by atoms with Gasteiger partial charge in [0.15, 0.2) is 0 Å². The SMILES string of the molecule is COc1ccc(CC(=O)[C@@H]2C[C@H](C)CC[C@H]2C(C)C)c(NC(=O)[C@@H](C)N)c1. The molecule has 1 fully saturated rings. The van der Waals surface area contributed by atoms with E-state index in [4.69, 9.17) is 10.5 Å². The molecule has 3 N–H and O–H groups in total. The number of carbonyl (C=O) groups excluding carboxylic acids is 2. The Morgan fingerprint density at radius 1 is 1.26 bits per heavy atom. The molecule has 150 valence electrons. The van der Waals surface area contributed by atoms with Gasteiger partial charge in [0, 0.05) is 24.1 Å². The van der Waals surface area contributed by atoms with Crippen molar-refractivity contribution in [1.82, 2.24) is 0 Å². The van der Waals surface area contributed by atoms with Gasteiger partial charge in [-0.25, -0.2) is 0 Å².